The third-order valence-corrected chi connectivity index (χ3v) is 3.59. The predicted octanol–water partition coefficient (Wildman–Crippen LogP) is 3.32. The molecule has 0 amide bonds. The number of rotatable bonds is 3. The van der Waals surface area contributed by atoms with Crippen molar-refractivity contribution >= 4 is 29.2 Å². The molecule has 0 bridgehead atoms. The van der Waals surface area contributed by atoms with E-state index in [4.69, 9.17) is 11.6 Å². The molecule has 21 heavy (non-hydrogen) atoms. The number of nitrogens with zero attached hydrogens (tertiary/aromatic N) is 4. The average Bonchev–Trinajstić information content (AvgIpc) is 2.95. The zero-order chi connectivity index (χ0) is 14.8. The molecule has 2 heterocycles. The number of hydrogen-bond donors (Lipinski definition) is 1. The molecule has 1 aliphatic heterocycles. The summed E-state index contributed by atoms with van der Waals surface area (Å²) in [4.78, 5) is 14.7. The van der Waals surface area contributed by atoms with Crippen molar-refractivity contribution in [2.45, 2.75) is 19.8 Å². The van der Waals surface area contributed by atoms with Gasteiger partial charge in [0.2, 0.25) is 17.2 Å². The molecular weight excluding hydrogens is 293 g/mol. The molecule has 1 saturated heterocycles. The van der Waals surface area contributed by atoms with Crippen LogP contribution in [-0.2, 0) is 0 Å². The van der Waals surface area contributed by atoms with Gasteiger partial charge in [-0.15, -0.1) is 0 Å². The molecule has 0 spiro atoms. The lowest BCUT2D eigenvalue weighted by Gasteiger charge is -2.16. The molecule has 1 aromatic carbocycles. The Hall–Kier alpha value is -1.95. The average molecular weight is 308 g/mol. The van der Waals surface area contributed by atoms with Gasteiger partial charge >= 0.3 is 0 Å². The number of nitrogens with one attached hydrogen (secondary N) is 1. The van der Waals surface area contributed by atoms with E-state index < -0.39 is 0 Å². The van der Waals surface area contributed by atoms with Crippen LogP contribution in [0.2, 0.25) is 5.28 Å². The summed E-state index contributed by atoms with van der Waals surface area (Å²) in [6.45, 7) is 3.67. The minimum Gasteiger partial charge on any atom is -0.341 e. The summed E-state index contributed by atoms with van der Waals surface area (Å²) in [6, 6.07) is 4.49. The Balaban J connectivity index is 1.87. The second-order valence-corrected chi connectivity index (χ2v) is 5.34. The number of aromatic nitrogens is 3. The van der Waals surface area contributed by atoms with E-state index in [-0.39, 0.29) is 11.1 Å². The van der Waals surface area contributed by atoms with Gasteiger partial charge in [0.15, 0.2) is 0 Å². The van der Waals surface area contributed by atoms with Crippen molar-refractivity contribution in [3.8, 4) is 0 Å². The Morgan fingerprint density at radius 3 is 2.67 bits per heavy atom. The molecule has 1 fully saturated rings. The van der Waals surface area contributed by atoms with E-state index in [9.17, 15) is 4.39 Å². The zero-order valence-corrected chi connectivity index (χ0v) is 12.4. The van der Waals surface area contributed by atoms with Crippen LogP contribution in [0.4, 0.5) is 22.0 Å². The molecule has 5 nitrogen and oxygen atoms in total. The Kier molecular flexibility index (Phi) is 3.88. The first-order valence-corrected chi connectivity index (χ1v) is 7.19. The number of anilines is 3. The first-order chi connectivity index (χ1) is 10.1. The monoisotopic (exact) mass is 307 g/mol. The number of hydrogen-bond acceptors (Lipinski definition) is 5. The van der Waals surface area contributed by atoms with Crippen LogP contribution >= 0.6 is 11.6 Å². The van der Waals surface area contributed by atoms with E-state index >= 15 is 0 Å². The molecule has 0 aliphatic carbocycles. The Morgan fingerprint density at radius 2 is 1.95 bits per heavy atom. The lowest BCUT2D eigenvalue weighted by molar-refractivity contribution is 0.627. The molecule has 3 rings (SSSR count). The molecular formula is C14H15ClFN5. The van der Waals surface area contributed by atoms with E-state index in [0.29, 0.717) is 11.9 Å². The molecule has 1 aromatic heterocycles. The summed E-state index contributed by atoms with van der Waals surface area (Å²) in [5.41, 5.74) is 1.51. The molecule has 2 aromatic rings. The second kappa shape index (κ2) is 5.81. The summed E-state index contributed by atoms with van der Waals surface area (Å²) in [6.07, 6.45) is 2.26. The summed E-state index contributed by atoms with van der Waals surface area (Å²) in [5, 5.41) is 3.21. The van der Waals surface area contributed by atoms with Crippen LogP contribution in [0.3, 0.4) is 0 Å². The maximum atomic E-state index is 13.1. The molecule has 0 unspecified atom stereocenters. The summed E-state index contributed by atoms with van der Waals surface area (Å²) >= 11 is 5.97. The maximum absolute atomic E-state index is 13.1. The van der Waals surface area contributed by atoms with Crippen LogP contribution < -0.4 is 10.2 Å². The van der Waals surface area contributed by atoms with Gasteiger partial charge in [-0.3, -0.25) is 0 Å². The van der Waals surface area contributed by atoms with Crippen LogP contribution in [0.15, 0.2) is 18.2 Å². The van der Waals surface area contributed by atoms with Gasteiger partial charge in [-0.25, -0.2) is 4.39 Å². The first-order valence-electron chi connectivity index (χ1n) is 6.81. The molecule has 1 aliphatic rings. The van der Waals surface area contributed by atoms with Gasteiger partial charge in [-0.2, -0.15) is 15.0 Å². The highest BCUT2D eigenvalue weighted by Crippen LogP contribution is 2.22. The van der Waals surface area contributed by atoms with Crippen LogP contribution in [0, 0.1) is 12.7 Å². The van der Waals surface area contributed by atoms with Gasteiger partial charge in [0, 0.05) is 18.8 Å². The lowest BCUT2D eigenvalue weighted by atomic mass is 10.2. The third-order valence-electron chi connectivity index (χ3n) is 3.42. The minimum absolute atomic E-state index is 0.147. The van der Waals surface area contributed by atoms with Gasteiger partial charge in [0.1, 0.15) is 5.82 Å². The molecule has 7 heteroatoms. The number of benzene rings is 1. The summed E-state index contributed by atoms with van der Waals surface area (Å²) in [5.74, 6) is 0.672. The van der Waals surface area contributed by atoms with Crippen molar-refractivity contribution < 1.29 is 4.39 Å². The van der Waals surface area contributed by atoms with Crippen molar-refractivity contribution in [3.63, 3.8) is 0 Å². The smallest absolute Gasteiger partial charge is 0.233 e. The SMILES string of the molecule is Cc1cc(F)ccc1Nc1nc(Cl)nc(N2CCCC2)n1. The fourth-order valence-electron chi connectivity index (χ4n) is 2.34. The van der Waals surface area contributed by atoms with Crippen LogP contribution in [0.25, 0.3) is 0 Å². The first kappa shape index (κ1) is 14.0. The number of halogens is 2. The molecule has 0 radical (unpaired) electrons. The van der Waals surface area contributed by atoms with E-state index in [1.54, 1.807) is 6.07 Å². The second-order valence-electron chi connectivity index (χ2n) is 5.01. The van der Waals surface area contributed by atoms with Crippen molar-refractivity contribution in [1.29, 1.82) is 0 Å². The predicted molar refractivity (Wildman–Crippen MR) is 80.7 cm³/mol. The Labute approximate surface area is 127 Å². The fourth-order valence-corrected chi connectivity index (χ4v) is 2.50. The van der Waals surface area contributed by atoms with Crippen molar-refractivity contribution in [1.82, 2.24) is 15.0 Å². The molecule has 0 saturated carbocycles. The fraction of sp³-hybridized carbons (Fsp3) is 0.357. The van der Waals surface area contributed by atoms with Gasteiger partial charge in [-0.05, 0) is 55.1 Å². The number of aryl methyl sites for hydroxylation is 1. The quantitative estimate of drug-likeness (QED) is 0.942. The maximum Gasteiger partial charge on any atom is 0.233 e. The molecule has 0 atom stereocenters. The van der Waals surface area contributed by atoms with Crippen LogP contribution in [0.5, 0.6) is 0 Å². The lowest BCUT2D eigenvalue weighted by Crippen LogP contribution is -2.21. The van der Waals surface area contributed by atoms with E-state index in [2.05, 4.69) is 25.2 Å². The van der Waals surface area contributed by atoms with E-state index in [1.165, 1.54) is 12.1 Å². The van der Waals surface area contributed by atoms with E-state index in [1.807, 2.05) is 6.92 Å². The van der Waals surface area contributed by atoms with Gasteiger partial charge in [-0.1, -0.05) is 0 Å². The normalized spacial score (nSPS) is 14.5. The third kappa shape index (κ3) is 3.21. The summed E-state index contributed by atoms with van der Waals surface area (Å²) < 4.78 is 13.1. The molecule has 1 N–H and O–H groups in total. The Morgan fingerprint density at radius 1 is 1.19 bits per heavy atom. The van der Waals surface area contributed by atoms with Crippen molar-refractivity contribution in [2.75, 3.05) is 23.3 Å². The van der Waals surface area contributed by atoms with Gasteiger partial charge in [0.05, 0.1) is 0 Å². The highest BCUT2D eigenvalue weighted by molar-refractivity contribution is 6.28. The largest absolute Gasteiger partial charge is 0.341 e. The van der Waals surface area contributed by atoms with Crippen LogP contribution in [0.1, 0.15) is 18.4 Å². The molecule has 110 valence electrons. The highest BCUT2D eigenvalue weighted by atomic mass is 35.5. The topological polar surface area (TPSA) is 53.9 Å². The Bertz CT molecular complexity index is 658. The van der Waals surface area contributed by atoms with Gasteiger partial charge < -0.3 is 10.2 Å². The van der Waals surface area contributed by atoms with Crippen molar-refractivity contribution in [3.05, 3.63) is 34.9 Å². The minimum atomic E-state index is -0.274. The summed E-state index contributed by atoms with van der Waals surface area (Å²) in [7, 11) is 0. The highest BCUT2D eigenvalue weighted by Gasteiger charge is 2.17. The standard InChI is InChI=1S/C14H15ClFN5/c1-9-8-10(16)4-5-11(9)17-13-18-12(15)19-14(20-13)21-6-2-3-7-21/h4-5,8H,2-3,6-7H2,1H3,(H,17,18,19,20). The van der Waals surface area contributed by atoms with Crippen molar-refractivity contribution in [2.24, 2.45) is 0 Å². The van der Waals surface area contributed by atoms with Crippen LogP contribution in [-0.4, -0.2) is 28.0 Å². The van der Waals surface area contributed by atoms with Gasteiger partial charge in [0.25, 0.3) is 0 Å². The zero-order valence-electron chi connectivity index (χ0n) is 11.6. The van der Waals surface area contributed by atoms with E-state index in [0.717, 1.165) is 37.2 Å².